The van der Waals surface area contributed by atoms with Gasteiger partial charge in [0.1, 0.15) is 17.4 Å². The topological polar surface area (TPSA) is 17.1 Å². The first-order valence-corrected chi connectivity index (χ1v) is 6.12. The highest BCUT2D eigenvalue weighted by Gasteiger charge is 2.10. The molecule has 0 bridgehead atoms. The quantitative estimate of drug-likeness (QED) is 0.828. The molecule has 0 saturated heterocycles. The Morgan fingerprint density at radius 3 is 2.58 bits per heavy atom. The number of hydrogen-bond acceptors (Lipinski definition) is 1. The van der Waals surface area contributed by atoms with Crippen molar-refractivity contribution in [3.8, 4) is 0 Å². The van der Waals surface area contributed by atoms with Crippen molar-refractivity contribution < 1.29 is 13.6 Å². The predicted octanol–water partition coefficient (Wildman–Crippen LogP) is 3.97. The molecule has 0 unspecified atom stereocenters. The van der Waals surface area contributed by atoms with Crippen LogP contribution in [0.3, 0.4) is 0 Å². The Kier molecular flexibility index (Phi) is 4.27. The lowest BCUT2D eigenvalue weighted by Crippen LogP contribution is -2.08. The van der Waals surface area contributed by atoms with Crippen LogP contribution in [0.2, 0.25) is 5.02 Å². The number of halogens is 3. The van der Waals surface area contributed by atoms with Crippen molar-refractivity contribution in [2.24, 2.45) is 0 Å². The van der Waals surface area contributed by atoms with E-state index in [-0.39, 0.29) is 24.2 Å². The minimum atomic E-state index is -0.569. The minimum absolute atomic E-state index is 0.0760. The van der Waals surface area contributed by atoms with Crippen LogP contribution in [-0.2, 0) is 17.6 Å². The van der Waals surface area contributed by atoms with Crippen LogP contribution < -0.4 is 0 Å². The summed E-state index contributed by atoms with van der Waals surface area (Å²) in [5.41, 5.74) is 0.835. The van der Waals surface area contributed by atoms with Crippen LogP contribution in [-0.4, -0.2) is 5.78 Å². The Bertz CT molecular complexity index is 611. The van der Waals surface area contributed by atoms with Crippen LogP contribution in [0.25, 0.3) is 0 Å². The van der Waals surface area contributed by atoms with Crippen LogP contribution >= 0.6 is 11.6 Å². The summed E-state index contributed by atoms with van der Waals surface area (Å²) in [6.07, 6.45) is 0.0205. The summed E-state index contributed by atoms with van der Waals surface area (Å²) in [7, 11) is 0. The van der Waals surface area contributed by atoms with Crippen molar-refractivity contribution in [3.63, 3.8) is 0 Å². The van der Waals surface area contributed by atoms with Crippen LogP contribution in [0.1, 0.15) is 11.1 Å². The summed E-state index contributed by atoms with van der Waals surface area (Å²) in [4.78, 5) is 11.8. The molecular formula is C15H11ClF2O. The predicted molar refractivity (Wildman–Crippen MR) is 70.2 cm³/mol. The third kappa shape index (κ3) is 3.86. The van der Waals surface area contributed by atoms with Gasteiger partial charge in [-0.2, -0.15) is 0 Å². The lowest BCUT2D eigenvalue weighted by atomic mass is 10.0. The van der Waals surface area contributed by atoms with Crippen LogP contribution in [0.15, 0.2) is 42.5 Å². The molecule has 0 fully saturated rings. The Morgan fingerprint density at radius 1 is 1.05 bits per heavy atom. The number of carbonyl (C=O) groups is 1. The summed E-state index contributed by atoms with van der Waals surface area (Å²) in [6, 6.07) is 10.0. The molecule has 98 valence electrons. The van der Waals surface area contributed by atoms with Gasteiger partial charge in [-0.25, -0.2) is 8.78 Å². The largest absolute Gasteiger partial charge is 0.299 e. The molecule has 0 aliphatic heterocycles. The number of ketones is 1. The average molecular weight is 281 g/mol. The van der Waals surface area contributed by atoms with Crippen molar-refractivity contribution >= 4 is 17.4 Å². The normalized spacial score (nSPS) is 10.5. The number of hydrogen-bond donors (Lipinski definition) is 0. The second-order valence-corrected chi connectivity index (χ2v) is 4.69. The fraction of sp³-hybridized carbons (Fsp3) is 0.133. The van der Waals surface area contributed by atoms with E-state index in [2.05, 4.69) is 0 Å². The molecule has 0 aromatic heterocycles. The monoisotopic (exact) mass is 280 g/mol. The Balaban J connectivity index is 2.07. The minimum Gasteiger partial charge on any atom is -0.299 e. The van der Waals surface area contributed by atoms with Gasteiger partial charge in [0.25, 0.3) is 0 Å². The molecule has 0 spiro atoms. The Hall–Kier alpha value is -1.74. The number of carbonyl (C=O) groups excluding carboxylic acids is 1. The highest BCUT2D eigenvalue weighted by atomic mass is 35.5. The van der Waals surface area contributed by atoms with Crippen molar-refractivity contribution in [1.29, 1.82) is 0 Å². The molecule has 0 aliphatic carbocycles. The molecule has 1 nitrogen and oxygen atoms in total. The first kappa shape index (κ1) is 13.7. The van der Waals surface area contributed by atoms with Gasteiger partial charge in [-0.05, 0) is 41.5 Å². The van der Waals surface area contributed by atoms with Gasteiger partial charge in [0, 0.05) is 17.9 Å². The van der Waals surface area contributed by atoms with Crippen molar-refractivity contribution in [3.05, 3.63) is 70.2 Å². The van der Waals surface area contributed by atoms with Crippen LogP contribution in [0, 0.1) is 11.6 Å². The molecule has 2 rings (SSSR count). The highest BCUT2D eigenvalue weighted by Crippen LogP contribution is 2.14. The third-order valence-electron chi connectivity index (χ3n) is 2.69. The van der Waals surface area contributed by atoms with Gasteiger partial charge in [-0.1, -0.05) is 23.7 Å². The Labute approximate surface area is 114 Å². The van der Waals surface area contributed by atoms with E-state index in [0.717, 1.165) is 23.8 Å². The number of Topliss-reactive ketones (excluding diaryl/α,β-unsaturated/α-hetero) is 1. The van der Waals surface area contributed by atoms with Gasteiger partial charge < -0.3 is 0 Å². The molecule has 0 heterocycles. The summed E-state index contributed by atoms with van der Waals surface area (Å²) < 4.78 is 26.4. The smallest absolute Gasteiger partial charge is 0.141 e. The van der Waals surface area contributed by atoms with Crippen molar-refractivity contribution in [2.45, 2.75) is 12.8 Å². The zero-order valence-electron chi connectivity index (χ0n) is 10.00. The molecule has 0 saturated carbocycles. The Morgan fingerprint density at radius 2 is 1.84 bits per heavy atom. The van der Waals surface area contributed by atoms with E-state index in [1.807, 2.05) is 0 Å². The number of rotatable bonds is 4. The van der Waals surface area contributed by atoms with Gasteiger partial charge in [0.05, 0.1) is 0 Å². The first-order valence-electron chi connectivity index (χ1n) is 5.74. The lowest BCUT2D eigenvalue weighted by Gasteiger charge is -2.04. The molecule has 0 N–H and O–H groups in total. The van der Waals surface area contributed by atoms with E-state index in [4.69, 9.17) is 11.6 Å². The molecule has 0 aliphatic rings. The molecule has 19 heavy (non-hydrogen) atoms. The van der Waals surface area contributed by atoms with E-state index in [1.54, 1.807) is 24.3 Å². The van der Waals surface area contributed by atoms with Gasteiger partial charge in [-0.3, -0.25) is 4.79 Å². The van der Waals surface area contributed by atoms with E-state index >= 15 is 0 Å². The van der Waals surface area contributed by atoms with E-state index in [9.17, 15) is 13.6 Å². The zero-order chi connectivity index (χ0) is 13.8. The van der Waals surface area contributed by atoms with Gasteiger partial charge in [-0.15, -0.1) is 0 Å². The fourth-order valence-electron chi connectivity index (χ4n) is 1.83. The maximum Gasteiger partial charge on any atom is 0.141 e. The molecular weight excluding hydrogens is 270 g/mol. The second-order valence-electron chi connectivity index (χ2n) is 4.26. The SMILES string of the molecule is O=C(Cc1cccc(Cl)c1)Cc1cc(F)ccc1F. The summed E-state index contributed by atoms with van der Waals surface area (Å²) >= 11 is 5.81. The van der Waals surface area contributed by atoms with Gasteiger partial charge in [0.15, 0.2) is 0 Å². The summed E-state index contributed by atoms with van der Waals surface area (Å²) in [5, 5.41) is 0.544. The molecule has 2 aromatic rings. The molecule has 2 aromatic carbocycles. The summed E-state index contributed by atoms with van der Waals surface area (Å²) in [6.45, 7) is 0. The summed E-state index contributed by atoms with van der Waals surface area (Å²) in [5.74, 6) is -1.31. The standard InChI is InChI=1S/C15H11ClF2O/c16-12-3-1-2-10(6-12)7-14(19)9-11-8-13(17)4-5-15(11)18/h1-6,8H,7,9H2. The van der Waals surface area contributed by atoms with Crippen molar-refractivity contribution in [2.75, 3.05) is 0 Å². The molecule has 0 radical (unpaired) electrons. The fourth-order valence-corrected chi connectivity index (χ4v) is 2.04. The van der Waals surface area contributed by atoms with Crippen LogP contribution in [0.5, 0.6) is 0 Å². The maximum atomic E-state index is 13.4. The molecule has 0 amide bonds. The van der Waals surface area contributed by atoms with E-state index in [0.29, 0.717) is 5.02 Å². The molecule has 0 atom stereocenters. The van der Waals surface area contributed by atoms with E-state index < -0.39 is 11.6 Å². The van der Waals surface area contributed by atoms with Gasteiger partial charge in [0.2, 0.25) is 0 Å². The van der Waals surface area contributed by atoms with Crippen LogP contribution in [0.4, 0.5) is 8.78 Å². The maximum absolute atomic E-state index is 13.4. The number of benzene rings is 2. The van der Waals surface area contributed by atoms with Crippen molar-refractivity contribution in [1.82, 2.24) is 0 Å². The average Bonchev–Trinajstić information content (AvgIpc) is 2.34. The van der Waals surface area contributed by atoms with Gasteiger partial charge >= 0.3 is 0 Å². The lowest BCUT2D eigenvalue weighted by molar-refractivity contribution is -0.117. The zero-order valence-corrected chi connectivity index (χ0v) is 10.8. The molecule has 4 heteroatoms. The highest BCUT2D eigenvalue weighted by molar-refractivity contribution is 6.30. The third-order valence-corrected chi connectivity index (χ3v) is 2.92. The first-order chi connectivity index (χ1) is 9.04. The van der Waals surface area contributed by atoms with E-state index in [1.165, 1.54) is 0 Å². The second kappa shape index (κ2) is 5.93.